The summed E-state index contributed by atoms with van der Waals surface area (Å²) in [5, 5.41) is 0. The highest BCUT2D eigenvalue weighted by molar-refractivity contribution is 5.69. The van der Waals surface area contributed by atoms with Gasteiger partial charge in [0.15, 0.2) is 0 Å². The number of esters is 1. The monoisotopic (exact) mass is 229 g/mol. The summed E-state index contributed by atoms with van der Waals surface area (Å²) >= 11 is 0. The van der Waals surface area contributed by atoms with E-state index in [4.69, 9.17) is 4.74 Å². The normalized spacial score (nSPS) is 10.4. The molecule has 94 valence electrons. The number of allylic oxidation sites excluding steroid dienone is 1. The first-order valence-corrected chi connectivity index (χ1v) is 5.63. The standard InChI is InChI=1S/C12H23NO3/c1-4-5-6-8-13(10-11-15-2)9-7-12(14)16-3/h4H,1,5-11H2,2-3H3. The molecule has 16 heavy (non-hydrogen) atoms. The van der Waals surface area contributed by atoms with Crippen molar-refractivity contribution in [3.05, 3.63) is 12.7 Å². The molecule has 0 aliphatic heterocycles. The molecule has 0 atom stereocenters. The summed E-state index contributed by atoms with van der Waals surface area (Å²) in [5.74, 6) is -0.161. The highest BCUT2D eigenvalue weighted by Crippen LogP contribution is 1.98. The van der Waals surface area contributed by atoms with E-state index in [1.807, 2.05) is 6.08 Å². The zero-order valence-corrected chi connectivity index (χ0v) is 10.4. The van der Waals surface area contributed by atoms with Gasteiger partial charge in [-0.3, -0.25) is 4.79 Å². The Labute approximate surface area is 98.2 Å². The topological polar surface area (TPSA) is 38.8 Å². The van der Waals surface area contributed by atoms with E-state index >= 15 is 0 Å². The number of methoxy groups -OCH3 is 2. The molecule has 0 aliphatic rings. The molecule has 0 saturated carbocycles. The quantitative estimate of drug-likeness (QED) is 0.323. The van der Waals surface area contributed by atoms with Crippen LogP contribution in [0.4, 0.5) is 0 Å². The minimum atomic E-state index is -0.161. The van der Waals surface area contributed by atoms with Gasteiger partial charge in [-0.25, -0.2) is 0 Å². The molecule has 0 aliphatic carbocycles. The van der Waals surface area contributed by atoms with Crippen LogP contribution in [0.1, 0.15) is 19.3 Å². The van der Waals surface area contributed by atoms with Crippen LogP contribution in [0.3, 0.4) is 0 Å². The second-order valence-corrected chi connectivity index (χ2v) is 3.59. The minimum absolute atomic E-state index is 0.161. The number of rotatable bonds is 10. The summed E-state index contributed by atoms with van der Waals surface area (Å²) in [7, 11) is 3.10. The number of nitrogens with zero attached hydrogens (tertiary/aromatic N) is 1. The number of unbranched alkanes of at least 4 members (excludes halogenated alkanes) is 1. The van der Waals surface area contributed by atoms with E-state index in [-0.39, 0.29) is 5.97 Å². The summed E-state index contributed by atoms with van der Waals surface area (Å²) in [6.45, 7) is 6.93. The maximum atomic E-state index is 11.0. The Kier molecular flexibility index (Phi) is 10.1. The minimum Gasteiger partial charge on any atom is -0.469 e. The van der Waals surface area contributed by atoms with Gasteiger partial charge in [-0.05, 0) is 19.4 Å². The third-order valence-corrected chi connectivity index (χ3v) is 2.35. The number of ether oxygens (including phenoxy) is 2. The molecule has 0 aromatic carbocycles. The van der Waals surface area contributed by atoms with Gasteiger partial charge in [0.1, 0.15) is 0 Å². The van der Waals surface area contributed by atoms with E-state index < -0.39 is 0 Å². The van der Waals surface area contributed by atoms with E-state index in [9.17, 15) is 4.79 Å². The van der Waals surface area contributed by atoms with Gasteiger partial charge in [0, 0.05) is 20.2 Å². The predicted molar refractivity (Wildman–Crippen MR) is 64.4 cm³/mol. The molecular weight excluding hydrogens is 206 g/mol. The molecule has 0 spiro atoms. The lowest BCUT2D eigenvalue weighted by atomic mass is 10.2. The molecule has 0 saturated heterocycles. The molecule has 0 aromatic rings. The molecule has 0 N–H and O–H groups in total. The van der Waals surface area contributed by atoms with Gasteiger partial charge < -0.3 is 14.4 Å². The Morgan fingerprint density at radius 3 is 2.62 bits per heavy atom. The zero-order valence-electron chi connectivity index (χ0n) is 10.4. The van der Waals surface area contributed by atoms with E-state index in [1.54, 1.807) is 7.11 Å². The summed E-state index contributed by atoms with van der Waals surface area (Å²) in [6.07, 6.45) is 4.42. The lowest BCUT2D eigenvalue weighted by molar-refractivity contribution is -0.141. The number of carbonyl (C=O) groups is 1. The van der Waals surface area contributed by atoms with Crippen molar-refractivity contribution in [1.29, 1.82) is 0 Å². The maximum absolute atomic E-state index is 11.0. The van der Waals surface area contributed by atoms with Crippen LogP contribution in [-0.2, 0) is 14.3 Å². The third kappa shape index (κ3) is 8.44. The van der Waals surface area contributed by atoms with Gasteiger partial charge in [-0.2, -0.15) is 0 Å². The highest BCUT2D eigenvalue weighted by Gasteiger charge is 2.07. The van der Waals surface area contributed by atoms with Gasteiger partial charge in [-0.1, -0.05) is 6.08 Å². The Balaban J connectivity index is 3.79. The molecular formula is C12H23NO3. The highest BCUT2D eigenvalue weighted by atomic mass is 16.5. The SMILES string of the molecule is C=CCCCN(CCOC)CCC(=O)OC. The Morgan fingerprint density at radius 1 is 1.31 bits per heavy atom. The number of hydrogen-bond acceptors (Lipinski definition) is 4. The Bertz CT molecular complexity index is 195. The lowest BCUT2D eigenvalue weighted by Crippen LogP contribution is -2.31. The molecule has 0 radical (unpaired) electrons. The van der Waals surface area contributed by atoms with Crippen molar-refractivity contribution in [2.24, 2.45) is 0 Å². The van der Waals surface area contributed by atoms with Crippen LogP contribution in [0.2, 0.25) is 0 Å². The summed E-state index contributed by atoms with van der Waals surface area (Å²) in [6, 6.07) is 0. The predicted octanol–water partition coefficient (Wildman–Crippen LogP) is 1.46. The van der Waals surface area contributed by atoms with E-state index in [0.717, 1.165) is 32.5 Å². The van der Waals surface area contributed by atoms with E-state index in [2.05, 4.69) is 16.2 Å². The molecule has 0 heterocycles. The first-order valence-electron chi connectivity index (χ1n) is 5.63. The fraction of sp³-hybridized carbons (Fsp3) is 0.750. The van der Waals surface area contributed by atoms with Gasteiger partial charge in [0.2, 0.25) is 0 Å². The van der Waals surface area contributed by atoms with Crippen LogP contribution < -0.4 is 0 Å². The molecule has 0 aromatic heterocycles. The van der Waals surface area contributed by atoms with Crippen LogP contribution in [0, 0.1) is 0 Å². The van der Waals surface area contributed by atoms with Crippen molar-refractivity contribution in [1.82, 2.24) is 4.90 Å². The van der Waals surface area contributed by atoms with Crippen molar-refractivity contribution in [3.8, 4) is 0 Å². The van der Waals surface area contributed by atoms with E-state index in [0.29, 0.717) is 13.0 Å². The molecule has 4 nitrogen and oxygen atoms in total. The van der Waals surface area contributed by atoms with Crippen LogP contribution >= 0.6 is 0 Å². The summed E-state index contributed by atoms with van der Waals surface area (Å²) < 4.78 is 9.65. The Hall–Kier alpha value is -0.870. The fourth-order valence-electron chi connectivity index (χ4n) is 1.37. The number of carbonyl (C=O) groups excluding carboxylic acids is 1. The van der Waals surface area contributed by atoms with Gasteiger partial charge in [0.25, 0.3) is 0 Å². The van der Waals surface area contributed by atoms with Crippen LogP contribution in [0.5, 0.6) is 0 Å². The Morgan fingerprint density at radius 2 is 2.06 bits per heavy atom. The molecule has 0 bridgehead atoms. The van der Waals surface area contributed by atoms with Crippen LogP contribution in [0.15, 0.2) is 12.7 Å². The molecule has 4 heteroatoms. The average molecular weight is 229 g/mol. The fourth-order valence-corrected chi connectivity index (χ4v) is 1.37. The first-order chi connectivity index (χ1) is 7.74. The van der Waals surface area contributed by atoms with Crippen molar-refractivity contribution in [2.75, 3.05) is 40.5 Å². The molecule has 0 unspecified atom stereocenters. The first kappa shape index (κ1) is 15.1. The second kappa shape index (κ2) is 10.6. The summed E-state index contributed by atoms with van der Waals surface area (Å²) in [5.41, 5.74) is 0. The van der Waals surface area contributed by atoms with Crippen LogP contribution in [0.25, 0.3) is 0 Å². The molecule has 0 amide bonds. The largest absolute Gasteiger partial charge is 0.469 e. The molecule has 0 rings (SSSR count). The lowest BCUT2D eigenvalue weighted by Gasteiger charge is -2.20. The van der Waals surface area contributed by atoms with Crippen molar-refractivity contribution in [3.63, 3.8) is 0 Å². The van der Waals surface area contributed by atoms with Gasteiger partial charge in [-0.15, -0.1) is 6.58 Å². The maximum Gasteiger partial charge on any atom is 0.306 e. The van der Waals surface area contributed by atoms with Crippen molar-refractivity contribution < 1.29 is 14.3 Å². The van der Waals surface area contributed by atoms with Gasteiger partial charge in [0.05, 0.1) is 20.1 Å². The smallest absolute Gasteiger partial charge is 0.306 e. The second-order valence-electron chi connectivity index (χ2n) is 3.59. The zero-order chi connectivity index (χ0) is 12.2. The summed E-state index contributed by atoms with van der Waals surface area (Å²) in [4.78, 5) is 13.2. The van der Waals surface area contributed by atoms with Gasteiger partial charge >= 0.3 is 5.97 Å². The molecule has 0 fully saturated rings. The van der Waals surface area contributed by atoms with Crippen molar-refractivity contribution >= 4 is 5.97 Å². The van der Waals surface area contributed by atoms with E-state index in [1.165, 1.54) is 7.11 Å². The third-order valence-electron chi connectivity index (χ3n) is 2.35. The number of hydrogen-bond donors (Lipinski definition) is 0. The van der Waals surface area contributed by atoms with Crippen LogP contribution in [-0.4, -0.2) is 51.3 Å². The van der Waals surface area contributed by atoms with Crippen molar-refractivity contribution in [2.45, 2.75) is 19.3 Å². The average Bonchev–Trinajstić information content (AvgIpc) is 2.31.